The molecule has 1 fully saturated rings. The van der Waals surface area contributed by atoms with Crippen LogP contribution in [0.25, 0.3) is 0 Å². The average molecular weight is 219 g/mol. The maximum atomic E-state index is 10.3. The Morgan fingerprint density at radius 1 is 1.47 bits per heavy atom. The highest BCUT2D eigenvalue weighted by molar-refractivity contribution is 5.64. The number of ether oxygens (including phenoxy) is 3. The number of nitrogens with two attached hydrogens (primary N) is 1. The van der Waals surface area contributed by atoms with Gasteiger partial charge in [0, 0.05) is 7.11 Å². The minimum absolute atomic E-state index is 0.0776. The molecule has 2 unspecified atom stereocenters. The fourth-order valence-electron chi connectivity index (χ4n) is 1.33. The highest BCUT2D eigenvalue weighted by Crippen LogP contribution is 2.19. The smallest absolute Gasteiger partial charge is 0.404 e. The van der Waals surface area contributed by atoms with Crippen molar-refractivity contribution >= 4 is 6.09 Å². The van der Waals surface area contributed by atoms with Crippen molar-refractivity contribution in [2.45, 2.75) is 45.5 Å². The molecule has 1 saturated heterocycles. The van der Waals surface area contributed by atoms with Gasteiger partial charge in [-0.1, -0.05) is 13.8 Å². The summed E-state index contributed by atoms with van der Waals surface area (Å²) in [6.07, 6.45) is 1.78. The lowest BCUT2D eigenvalue weighted by Gasteiger charge is -2.28. The van der Waals surface area contributed by atoms with E-state index in [2.05, 4.69) is 4.74 Å². The van der Waals surface area contributed by atoms with Crippen LogP contribution < -0.4 is 5.73 Å². The molecule has 5 heteroatoms. The van der Waals surface area contributed by atoms with Gasteiger partial charge in [-0.2, -0.15) is 0 Å². The lowest BCUT2D eigenvalue weighted by atomic mass is 10.1. The maximum Gasteiger partial charge on any atom is 0.404 e. The van der Waals surface area contributed by atoms with Gasteiger partial charge in [-0.15, -0.1) is 0 Å². The Balaban J connectivity index is 0.000000921. The zero-order chi connectivity index (χ0) is 11.7. The van der Waals surface area contributed by atoms with Gasteiger partial charge >= 0.3 is 6.09 Å². The largest absolute Gasteiger partial charge is 0.447 e. The van der Waals surface area contributed by atoms with Gasteiger partial charge in [-0.25, -0.2) is 4.79 Å². The molecular weight excluding hydrogens is 198 g/mol. The van der Waals surface area contributed by atoms with Crippen LogP contribution in [0.15, 0.2) is 0 Å². The first-order chi connectivity index (χ1) is 7.22. The number of rotatable bonds is 3. The predicted octanol–water partition coefficient (Wildman–Crippen LogP) is 1.65. The molecule has 0 aliphatic carbocycles. The fraction of sp³-hybridized carbons (Fsp3) is 0.900. The van der Waals surface area contributed by atoms with E-state index in [-0.39, 0.29) is 19.0 Å². The third kappa shape index (κ3) is 6.30. The molecule has 0 radical (unpaired) electrons. The van der Waals surface area contributed by atoms with E-state index in [0.29, 0.717) is 0 Å². The maximum absolute atomic E-state index is 10.3. The lowest BCUT2D eigenvalue weighted by molar-refractivity contribution is -0.187. The summed E-state index contributed by atoms with van der Waals surface area (Å²) in [5.41, 5.74) is 4.83. The number of hydrogen-bond acceptors (Lipinski definition) is 4. The van der Waals surface area contributed by atoms with E-state index in [1.54, 1.807) is 7.11 Å². The van der Waals surface area contributed by atoms with Crippen LogP contribution in [0.2, 0.25) is 0 Å². The molecule has 1 rings (SSSR count). The molecule has 1 heterocycles. The Hall–Kier alpha value is -0.810. The minimum Gasteiger partial charge on any atom is -0.447 e. The molecule has 90 valence electrons. The van der Waals surface area contributed by atoms with Crippen molar-refractivity contribution in [1.82, 2.24) is 0 Å². The summed E-state index contributed by atoms with van der Waals surface area (Å²) in [7, 11) is 1.60. The second-order valence-corrected chi connectivity index (χ2v) is 2.98. The molecule has 0 aromatic heterocycles. The summed E-state index contributed by atoms with van der Waals surface area (Å²) < 4.78 is 15.1. The Bertz CT molecular complexity index is 175. The highest BCUT2D eigenvalue weighted by atomic mass is 16.7. The van der Waals surface area contributed by atoms with E-state index in [1.165, 1.54) is 0 Å². The summed E-state index contributed by atoms with van der Waals surface area (Å²) in [6.45, 7) is 4.22. The summed E-state index contributed by atoms with van der Waals surface area (Å²) in [5.74, 6) is 0. The molecule has 2 N–H and O–H groups in total. The van der Waals surface area contributed by atoms with Crippen molar-refractivity contribution < 1.29 is 19.0 Å². The SMILES string of the molecule is CC.COC1CCCC(COC(N)=O)O1. The van der Waals surface area contributed by atoms with Crippen LogP contribution in [-0.2, 0) is 14.2 Å². The van der Waals surface area contributed by atoms with Crippen LogP contribution in [0.3, 0.4) is 0 Å². The highest BCUT2D eigenvalue weighted by Gasteiger charge is 2.22. The first-order valence-electron chi connectivity index (χ1n) is 5.33. The van der Waals surface area contributed by atoms with Crippen LogP contribution in [0.5, 0.6) is 0 Å². The van der Waals surface area contributed by atoms with Crippen molar-refractivity contribution in [3.63, 3.8) is 0 Å². The molecule has 1 aliphatic heterocycles. The molecule has 2 atom stereocenters. The number of primary amides is 1. The van der Waals surface area contributed by atoms with Gasteiger partial charge in [-0.05, 0) is 19.3 Å². The van der Waals surface area contributed by atoms with E-state index in [9.17, 15) is 4.79 Å². The van der Waals surface area contributed by atoms with Gasteiger partial charge in [0.05, 0.1) is 6.10 Å². The van der Waals surface area contributed by atoms with Crippen LogP contribution in [0.1, 0.15) is 33.1 Å². The average Bonchev–Trinajstić information content (AvgIpc) is 2.29. The Labute approximate surface area is 90.9 Å². The number of methoxy groups -OCH3 is 1. The van der Waals surface area contributed by atoms with Gasteiger partial charge < -0.3 is 19.9 Å². The Morgan fingerprint density at radius 2 is 2.13 bits per heavy atom. The molecule has 0 spiro atoms. The minimum atomic E-state index is -0.761. The van der Waals surface area contributed by atoms with Gasteiger partial charge in [0.25, 0.3) is 0 Å². The molecule has 0 aromatic rings. The van der Waals surface area contributed by atoms with Crippen LogP contribution in [-0.4, -0.2) is 32.2 Å². The fourth-order valence-corrected chi connectivity index (χ4v) is 1.33. The lowest BCUT2D eigenvalue weighted by Crippen LogP contribution is -2.33. The quantitative estimate of drug-likeness (QED) is 0.783. The van der Waals surface area contributed by atoms with Crippen molar-refractivity contribution in [2.24, 2.45) is 5.73 Å². The van der Waals surface area contributed by atoms with Gasteiger partial charge in [0.1, 0.15) is 6.61 Å². The van der Waals surface area contributed by atoms with E-state index >= 15 is 0 Å². The third-order valence-electron chi connectivity index (χ3n) is 1.98. The molecule has 1 aliphatic rings. The first-order valence-corrected chi connectivity index (χ1v) is 5.33. The summed E-state index contributed by atoms with van der Waals surface area (Å²) in [5, 5.41) is 0. The van der Waals surface area contributed by atoms with E-state index in [4.69, 9.17) is 15.2 Å². The van der Waals surface area contributed by atoms with E-state index in [1.807, 2.05) is 13.8 Å². The first kappa shape index (κ1) is 14.2. The van der Waals surface area contributed by atoms with Crippen LogP contribution in [0, 0.1) is 0 Å². The summed E-state index contributed by atoms with van der Waals surface area (Å²) in [4.78, 5) is 10.3. The van der Waals surface area contributed by atoms with Gasteiger partial charge in [0.2, 0.25) is 0 Å². The monoisotopic (exact) mass is 219 g/mol. The number of carbonyl (C=O) groups excluding carboxylic acids is 1. The molecule has 5 nitrogen and oxygen atoms in total. The molecule has 0 saturated carbocycles. The zero-order valence-electron chi connectivity index (χ0n) is 9.69. The van der Waals surface area contributed by atoms with Gasteiger partial charge in [0.15, 0.2) is 6.29 Å². The number of amides is 1. The normalized spacial score (nSPS) is 25.0. The van der Waals surface area contributed by atoms with Crippen LogP contribution >= 0.6 is 0 Å². The Morgan fingerprint density at radius 3 is 2.67 bits per heavy atom. The van der Waals surface area contributed by atoms with Crippen molar-refractivity contribution in [3.05, 3.63) is 0 Å². The number of hydrogen-bond donors (Lipinski definition) is 1. The topological polar surface area (TPSA) is 70.8 Å². The summed E-state index contributed by atoms with van der Waals surface area (Å²) >= 11 is 0. The summed E-state index contributed by atoms with van der Waals surface area (Å²) in [6, 6.07) is 0. The molecule has 1 amide bonds. The third-order valence-corrected chi connectivity index (χ3v) is 1.98. The van der Waals surface area contributed by atoms with E-state index in [0.717, 1.165) is 19.3 Å². The van der Waals surface area contributed by atoms with Gasteiger partial charge in [-0.3, -0.25) is 0 Å². The molecular formula is C10H21NO4. The standard InChI is InChI=1S/C8H15NO4.C2H6/c1-11-7-4-2-3-6(13-7)5-12-8(9)10;1-2/h6-7H,2-5H2,1H3,(H2,9,10);1-2H3. The zero-order valence-corrected chi connectivity index (χ0v) is 9.69. The molecule has 0 bridgehead atoms. The number of carbonyl (C=O) groups is 1. The molecule has 15 heavy (non-hydrogen) atoms. The molecule has 0 aromatic carbocycles. The predicted molar refractivity (Wildman–Crippen MR) is 56.4 cm³/mol. The van der Waals surface area contributed by atoms with E-state index < -0.39 is 6.09 Å². The van der Waals surface area contributed by atoms with Crippen molar-refractivity contribution in [3.8, 4) is 0 Å². The van der Waals surface area contributed by atoms with Crippen molar-refractivity contribution in [1.29, 1.82) is 0 Å². The van der Waals surface area contributed by atoms with Crippen molar-refractivity contribution in [2.75, 3.05) is 13.7 Å². The second-order valence-electron chi connectivity index (χ2n) is 2.98. The second kappa shape index (κ2) is 8.49. The van der Waals surface area contributed by atoms with Crippen LogP contribution in [0.4, 0.5) is 4.79 Å². The Kier molecular flexibility index (Phi) is 8.04.